The van der Waals surface area contributed by atoms with Crippen LogP contribution in [0, 0.1) is 0 Å². The van der Waals surface area contributed by atoms with Crippen LogP contribution in [0.15, 0.2) is 6.20 Å². The van der Waals surface area contributed by atoms with E-state index >= 15 is 0 Å². The van der Waals surface area contributed by atoms with Crippen molar-refractivity contribution in [2.24, 2.45) is 0 Å². The lowest BCUT2D eigenvalue weighted by Gasteiger charge is -2.25. The first-order valence-corrected chi connectivity index (χ1v) is 6.92. The van der Waals surface area contributed by atoms with E-state index in [9.17, 15) is 9.59 Å². The van der Waals surface area contributed by atoms with E-state index < -0.39 is 0 Å². The molecular weight excluding hydrogens is 260 g/mol. The van der Waals surface area contributed by atoms with Crippen molar-refractivity contribution in [3.05, 3.63) is 11.9 Å². The van der Waals surface area contributed by atoms with Crippen molar-refractivity contribution in [3.8, 4) is 0 Å². The Morgan fingerprint density at radius 3 is 2.85 bits per heavy atom. The Labute approximate surface area is 116 Å². The van der Waals surface area contributed by atoms with E-state index in [4.69, 9.17) is 0 Å². The van der Waals surface area contributed by atoms with Crippen LogP contribution in [0.25, 0.3) is 0 Å². The summed E-state index contributed by atoms with van der Waals surface area (Å²) in [6, 6.07) is 0.301. The summed E-state index contributed by atoms with van der Waals surface area (Å²) in [6.07, 6.45) is 3.68. The van der Waals surface area contributed by atoms with Gasteiger partial charge in [-0.05, 0) is 25.9 Å². The number of piperidine rings is 1. The molecule has 0 spiro atoms. The molecule has 0 atom stereocenters. The molecule has 2 fully saturated rings. The van der Waals surface area contributed by atoms with Gasteiger partial charge in [0.1, 0.15) is 0 Å². The van der Waals surface area contributed by atoms with Crippen LogP contribution < -0.4 is 10.6 Å². The molecule has 3 heterocycles. The molecule has 0 unspecified atom stereocenters. The van der Waals surface area contributed by atoms with Gasteiger partial charge in [-0.3, -0.25) is 9.59 Å². The minimum Gasteiger partial charge on any atom is -0.353 e. The third kappa shape index (κ3) is 2.64. The number of nitrogens with zero attached hydrogens (tertiary/aromatic N) is 4. The van der Waals surface area contributed by atoms with Gasteiger partial charge >= 0.3 is 0 Å². The number of hydrogen-bond donors (Lipinski definition) is 2. The van der Waals surface area contributed by atoms with E-state index in [1.165, 1.54) is 4.90 Å². The topological polar surface area (TPSA) is 92.2 Å². The molecule has 3 rings (SSSR count). The van der Waals surface area contributed by atoms with Crippen molar-refractivity contribution >= 4 is 11.8 Å². The van der Waals surface area contributed by atoms with Crippen molar-refractivity contribution in [1.29, 1.82) is 0 Å². The van der Waals surface area contributed by atoms with E-state index in [2.05, 4.69) is 20.9 Å². The predicted octanol–water partition coefficient (Wildman–Crippen LogP) is -1.23. The molecule has 0 bridgehead atoms. The van der Waals surface area contributed by atoms with Crippen molar-refractivity contribution < 1.29 is 9.59 Å². The van der Waals surface area contributed by atoms with Gasteiger partial charge in [-0.2, -0.15) is 0 Å². The third-order valence-electron chi connectivity index (χ3n) is 3.74. The third-order valence-corrected chi connectivity index (χ3v) is 3.74. The number of carbonyl (C=O) groups is 2. The van der Waals surface area contributed by atoms with Gasteiger partial charge < -0.3 is 15.5 Å². The van der Waals surface area contributed by atoms with E-state index in [1.54, 1.807) is 10.9 Å². The number of amides is 2. The molecule has 2 aliphatic heterocycles. The summed E-state index contributed by atoms with van der Waals surface area (Å²) < 4.78 is 1.78. The lowest BCUT2D eigenvalue weighted by Crippen LogP contribution is -2.50. The number of hydrogen-bond acceptors (Lipinski definition) is 5. The van der Waals surface area contributed by atoms with Gasteiger partial charge in [-0.15, -0.1) is 5.10 Å². The Kier molecular flexibility index (Phi) is 3.64. The largest absolute Gasteiger partial charge is 0.353 e. The highest BCUT2D eigenvalue weighted by atomic mass is 16.2. The number of rotatable bonds is 2. The smallest absolute Gasteiger partial charge is 0.276 e. The molecule has 1 aromatic heterocycles. The van der Waals surface area contributed by atoms with Gasteiger partial charge in [0.15, 0.2) is 5.69 Å². The zero-order valence-corrected chi connectivity index (χ0v) is 11.2. The summed E-state index contributed by atoms with van der Waals surface area (Å²) in [5.74, 6) is -0.351. The molecule has 0 aliphatic carbocycles. The second-order valence-corrected chi connectivity index (χ2v) is 5.14. The van der Waals surface area contributed by atoms with Crippen LogP contribution >= 0.6 is 0 Å². The van der Waals surface area contributed by atoms with Crippen LogP contribution in [0.3, 0.4) is 0 Å². The Hall–Kier alpha value is -1.96. The molecule has 8 nitrogen and oxygen atoms in total. The standard InChI is InChI=1S/C12H18N6O2/c19-11-8-17(6-5-14-11)12(20)10-7-18(16-15-10)9-1-3-13-4-2-9/h7,9,13H,1-6,8H2,(H,14,19). The van der Waals surface area contributed by atoms with Crippen LogP contribution in [0.2, 0.25) is 0 Å². The number of aromatic nitrogens is 3. The highest BCUT2D eigenvalue weighted by molar-refractivity contribution is 5.95. The summed E-state index contributed by atoms with van der Waals surface area (Å²) >= 11 is 0. The summed E-state index contributed by atoms with van der Waals surface area (Å²) in [4.78, 5) is 25.1. The molecule has 2 saturated heterocycles. The van der Waals surface area contributed by atoms with Gasteiger partial charge in [-0.25, -0.2) is 4.68 Å². The molecule has 2 amide bonds. The maximum atomic E-state index is 12.3. The van der Waals surface area contributed by atoms with Gasteiger partial charge in [0.05, 0.1) is 18.8 Å². The second-order valence-electron chi connectivity index (χ2n) is 5.14. The molecule has 0 radical (unpaired) electrons. The lowest BCUT2D eigenvalue weighted by atomic mass is 10.1. The zero-order valence-electron chi connectivity index (χ0n) is 11.2. The van der Waals surface area contributed by atoms with Gasteiger partial charge in [0, 0.05) is 13.1 Å². The quantitative estimate of drug-likeness (QED) is 0.707. The van der Waals surface area contributed by atoms with Crippen LogP contribution in [0.4, 0.5) is 0 Å². The maximum Gasteiger partial charge on any atom is 0.276 e. The van der Waals surface area contributed by atoms with Crippen molar-refractivity contribution in [3.63, 3.8) is 0 Å². The Balaban J connectivity index is 1.69. The molecule has 8 heteroatoms. The molecular formula is C12H18N6O2. The lowest BCUT2D eigenvalue weighted by molar-refractivity contribution is -0.123. The normalized spacial score (nSPS) is 20.8. The maximum absolute atomic E-state index is 12.3. The van der Waals surface area contributed by atoms with Gasteiger partial charge in [-0.1, -0.05) is 5.21 Å². The van der Waals surface area contributed by atoms with E-state index in [0.717, 1.165) is 25.9 Å². The summed E-state index contributed by atoms with van der Waals surface area (Å²) in [7, 11) is 0. The highest BCUT2D eigenvalue weighted by Crippen LogP contribution is 2.17. The number of piperazine rings is 1. The van der Waals surface area contributed by atoms with E-state index in [0.29, 0.717) is 24.8 Å². The van der Waals surface area contributed by atoms with E-state index in [1.807, 2.05) is 0 Å². The Morgan fingerprint density at radius 1 is 1.30 bits per heavy atom. The minimum absolute atomic E-state index is 0.0963. The fourth-order valence-corrected chi connectivity index (χ4v) is 2.60. The average Bonchev–Trinajstić information content (AvgIpc) is 2.97. The summed E-state index contributed by atoms with van der Waals surface area (Å²) in [5, 5.41) is 14.0. The van der Waals surface area contributed by atoms with Crippen LogP contribution in [0.1, 0.15) is 29.4 Å². The van der Waals surface area contributed by atoms with E-state index in [-0.39, 0.29) is 18.4 Å². The first kappa shape index (κ1) is 13.0. The second kappa shape index (κ2) is 5.58. The number of nitrogens with one attached hydrogen (secondary N) is 2. The molecule has 0 saturated carbocycles. The molecule has 2 N–H and O–H groups in total. The fraction of sp³-hybridized carbons (Fsp3) is 0.667. The molecule has 0 aromatic carbocycles. The molecule has 2 aliphatic rings. The Morgan fingerprint density at radius 2 is 2.10 bits per heavy atom. The van der Waals surface area contributed by atoms with Gasteiger partial charge in [0.25, 0.3) is 5.91 Å². The first-order chi connectivity index (χ1) is 9.74. The monoisotopic (exact) mass is 278 g/mol. The zero-order chi connectivity index (χ0) is 13.9. The van der Waals surface area contributed by atoms with Crippen molar-refractivity contribution in [1.82, 2.24) is 30.5 Å². The van der Waals surface area contributed by atoms with Gasteiger partial charge in [0.2, 0.25) is 5.91 Å². The Bertz CT molecular complexity index is 508. The molecule has 1 aromatic rings. The summed E-state index contributed by atoms with van der Waals surface area (Å²) in [5.41, 5.74) is 0.318. The van der Waals surface area contributed by atoms with Crippen LogP contribution in [0.5, 0.6) is 0 Å². The van der Waals surface area contributed by atoms with Crippen LogP contribution in [-0.4, -0.2) is 64.4 Å². The van der Waals surface area contributed by atoms with Crippen molar-refractivity contribution in [2.75, 3.05) is 32.7 Å². The molecule has 108 valence electrons. The fourth-order valence-electron chi connectivity index (χ4n) is 2.60. The average molecular weight is 278 g/mol. The number of carbonyl (C=O) groups excluding carboxylic acids is 2. The minimum atomic E-state index is -0.222. The summed E-state index contributed by atoms with van der Waals surface area (Å²) in [6.45, 7) is 3.02. The first-order valence-electron chi connectivity index (χ1n) is 6.92. The van der Waals surface area contributed by atoms with Crippen molar-refractivity contribution in [2.45, 2.75) is 18.9 Å². The van der Waals surface area contributed by atoms with Crippen LogP contribution in [-0.2, 0) is 4.79 Å². The molecule has 20 heavy (non-hydrogen) atoms. The predicted molar refractivity (Wildman–Crippen MR) is 70.1 cm³/mol. The SMILES string of the molecule is O=C1CN(C(=O)c2cn(C3CCNCC3)nn2)CCN1. The highest BCUT2D eigenvalue weighted by Gasteiger charge is 2.25.